The highest BCUT2D eigenvalue weighted by Gasteiger charge is 2.26. The number of rotatable bonds is 1. The zero-order valence-electron chi connectivity index (χ0n) is 11.7. The first-order valence-electron chi connectivity index (χ1n) is 6.79. The number of aryl methyl sites for hydroxylation is 1. The number of piperazine rings is 1. The summed E-state index contributed by atoms with van der Waals surface area (Å²) in [4.78, 5) is 33.6. The molecule has 0 atom stereocenters. The maximum atomic E-state index is 12.4. The molecule has 1 aliphatic heterocycles. The van der Waals surface area contributed by atoms with E-state index in [4.69, 9.17) is 5.11 Å². The van der Waals surface area contributed by atoms with Gasteiger partial charge in [0.2, 0.25) is 0 Å². The van der Waals surface area contributed by atoms with E-state index in [-0.39, 0.29) is 5.91 Å². The molecule has 0 bridgehead atoms. The predicted molar refractivity (Wildman–Crippen MR) is 76.3 cm³/mol. The molecule has 0 saturated carbocycles. The maximum Gasteiger partial charge on any atom is 0.407 e. The SMILES string of the molecule is Cc1cccc2[nH]c(C(=O)N3CCN(C(=O)O)CC3)nc12. The molecule has 7 heteroatoms. The number of aromatic nitrogens is 2. The van der Waals surface area contributed by atoms with Crippen LogP contribution in [0.3, 0.4) is 0 Å². The van der Waals surface area contributed by atoms with Crippen LogP contribution in [0, 0.1) is 6.92 Å². The van der Waals surface area contributed by atoms with Gasteiger partial charge in [0.05, 0.1) is 11.0 Å². The van der Waals surface area contributed by atoms with E-state index < -0.39 is 6.09 Å². The fraction of sp³-hybridized carbons (Fsp3) is 0.357. The van der Waals surface area contributed by atoms with E-state index in [0.29, 0.717) is 32.0 Å². The second kappa shape index (κ2) is 5.08. The van der Waals surface area contributed by atoms with Crippen LogP contribution >= 0.6 is 0 Å². The Morgan fingerprint density at radius 3 is 2.48 bits per heavy atom. The largest absolute Gasteiger partial charge is 0.465 e. The summed E-state index contributed by atoms with van der Waals surface area (Å²) in [7, 11) is 0. The van der Waals surface area contributed by atoms with Crippen molar-refractivity contribution in [1.82, 2.24) is 19.8 Å². The number of hydrogen-bond donors (Lipinski definition) is 2. The first kappa shape index (κ1) is 13.4. The molecule has 0 unspecified atom stereocenters. The second-order valence-electron chi connectivity index (χ2n) is 5.12. The van der Waals surface area contributed by atoms with Gasteiger partial charge >= 0.3 is 6.09 Å². The average Bonchev–Trinajstić information content (AvgIpc) is 2.92. The number of nitrogens with one attached hydrogen (secondary N) is 1. The fourth-order valence-corrected chi connectivity index (χ4v) is 2.53. The van der Waals surface area contributed by atoms with Crippen molar-refractivity contribution in [3.63, 3.8) is 0 Å². The Hall–Kier alpha value is -2.57. The topological polar surface area (TPSA) is 89.5 Å². The summed E-state index contributed by atoms with van der Waals surface area (Å²) in [6, 6.07) is 5.74. The van der Waals surface area contributed by atoms with Crippen molar-refractivity contribution in [2.24, 2.45) is 0 Å². The van der Waals surface area contributed by atoms with E-state index in [1.165, 1.54) is 4.90 Å². The van der Waals surface area contributed by atoms with Gasteiger partial charge in [-0.05, 0) is 18.6 Å². The summed E-state index contributed by atoms with van der Waals surface area (Å²) >= 11 is 0. The molecule has 1 fully saturated rings. The van der Waals surface area contributed by atoms with Gasteiger partial charge in [0.25, 0.3) is 5.91 Å². The molecule has 2 N–H and O–H groups in total. The van der Waals surface area contributed by atoms with Crippen LogP contribution in [0.1, 0.15) is 16.2 Å². The molecule has 0 radical (unpaired) electrons. The number of benzene rings is 1. The van der Waals surface area contributed by atoms with Crippen LogP contribution < -0.4 is 0 Å². The number of carbonyl (C=O) groups excluding carboxylic acids is 1. The van der Waals surface area contributed by atoms with Crippen molar-refractivity contribution in [2.45, 2.75) is 6.92 Å². The lowest BCUT2D eigenvalue weighted by atomic mass is 10.2. The summed E-state index contributed by atoms with van der Waals surface area (Å²) in [6.07, 6.45) is -0.943. The number of imidazole rings is 1. The lowest BCUT2D eigenvalue weighted by Crippen LogP contribution is -2.50. The van der Waals surface area contributed by atoms with Crippen LogP contribution in [0.5, 0.6) is 0 Å². The third kappa shape index (κ3) is 2.42. The molecule has 3 rings (SSSR count). The summed E-state index contributed by atoms with van der Waals surface area (Å²) in [5, 5.41) is 8.91. The van der Waals surface area contributed by atoms with E-state index in [9.17, 15) is 9.59 Å². The second-order valence-corrected chi connectivity index (χ2v) is 5.12. The molecule has 7 nitrogen and oxygen atoms in total. The van der Waals surface area contributed by atoms with Crippen molar-refractivity contribution in [2.75, 3.05) is 26.2 Å². The molecule has 1 aromatic heterocycles. The molecule has 1 aromatic carbocycles. The Balaban J connectivity index is 1.78. The van der Waals surface area contributed by atoms with Crippen molar-refractivity contribution < 1.29 is 14.7 Å². The first-order valence-corrected chi connectivity index (χ1v) is 6.79. The van der Waals surface area contributed by atoms with Crippen LogP contribution in [0.4, 0.5) is 4.79 Å². The van der Waals surface area contributed by atoms with Crippen molar-refractivity contribution in [3.8, 4) is 0 Å². The highest BCUT2D eigenvalue weighted by atomic mass is 16.4. The van der Waals surface area contributed by atoms with Crippen molar-refractivity contribution in [1.29, 1.82) is 0 Å². The first-order chi connectivity index (χ1) is 10.1. The minimum Gasteiger partial charge on any atom is -0.465 e. The molecule has 21 heavy (non-hydrogen) atoms. The van der Waals surface area contributed by atoms with E-state index in [1.807, 2.05) is 25.1 Å². The van der Waals surface area contributed by atoms with Gasteiger partial charge in [-0.25, -0.2) is 9.78 Å². The third-order valence-electron chi connectivity index (χ3n) is 3.75. The van der Waals surface area contributed by atoms with Crippen LogP contribution in [0.25, 0.3) is 11.0 Å². The minimum absolute atomic E-state index is 0.185. The van der Waals surface area contributed by atoms with Gasteiger partial charge in [0.1, 0.15) is 0 Å². The van der Waals surface area contributed by atoms with Gasteiger partial charge in [-0.15, -0.1) is 0 Å². The highest BCUT2D eigenvalue weighted by molar-refractivity contribution is 5.94. The highest BCUT2D eigenvalue weighted by Crippen LogP contribution is 2.16. The average molecular weight is 288 g/mol. The van der Waals surface area contributed by atoms with Crippen LogP contribution in [0.2, 0.25) is 0 Å². The zero-order chi connectivity index (χ0) is 15.0. The molecule has 0 aliphatic carbocycles. The summed E-state index contributed by atoms with van der Waals surface area (Å²) in [5.74, 6) is 0.124. The van der Waals surface area contributed by atoms with E-state index in [2.05, 4.69) is 9.97 Å². The Labute approximate surface area is 121 Å². The molecule has 110 valence electrons. The molecule has 2 amide bonds. The van der Waals surface area contributed by atoms with E-state index in [0.717, 1.165) is 16.6 Å². The van der Waals surface area contributed by atoms with Gasteiger partial charge in [-0.3, -0.25) is 4.79 Å². The lowest BCUT2D eigenvalue weighted by molar-refractivity contribution is 0.0615. The maximum absolute atomic E-state index is 12.4. The Bertz CT molecular complexity index is 701. The zero-order valence-corrected chi connectivity index (χ0v) is 11.7. The molecule has 2 aromatic rings. The Kier molecular flexibility index (Phi) is 3.25. The Morgan fingerprint density at radius 1 is 1.19 bits per heavy atom. The van der Waals surface area contributed by atoms with E-state index in [1.54, 1.807) is 4.90 Å². The van der Waals surface area contributed by atoms with Gasteiger partial charge in [-0.2, -0.15) is 0 Å². The van der Waals surface area contributed by atoms with Crippen molar-refractivity contribution >= 4 is 23.0 Å². The van der Waals surface area contributed by atoms with Crippen LogP contribution in [-0.4, -0.2) is 63.1 Å². The smallest absolute Gasteiger partial charge is 0.407 e. The summed E-state index contributed by atoms with van der Waals surface area (Å²) in [5.41, 5.74) is 2.64. The normalized spacial score (nSPS) is 15.5. The van der Waals surface area contributed by atoms with Crippen LogP contribution in [-0.2, 0) is 0 Å². The number of nitrogens with zero attached hydrogens (tertiary/aromatic N) is 3. The van der Waals surface area contributed by atoms with Crippen molar-refractivity contribution in [3.05, 3.63) is 29.6 Å². The van der Waals surface area contributed by atoms with Gasteiger partial charge in [0.15, 0.2) is 5.82 Å². The van der Waals surface area contributed by atoms with Gasteiger partial charge in [0, 0.05) is 26.2 Å². The number of amides is 2. The molecule has 0 spiro atoms. The Morgan fingerprint density at radius 2 is 1.86 bits per heavy atom. The number of fused-ring (bicyclic) bond motifs is 1. The number of para-hydroxylation sites is 1. The monoisotopic (exact) mass is 288 g/mol. The van der Waals surface area contributed by atoms with Gasteiger partial charge in [-0.1, -0.05) is 12.1 Å². The number of hydrogen-bond acceptors (Lipinski definition) is 3. The van der Waals surface area contributed by atoms with Crippen LogP contribution in [0.15, 0.2) is 18.2 Å². The quantitative estimate of drug-likeness (QED) is 0.828. The number of carboxylic acid groups (broad SMARTS) is 1. The molecule has 2 heterocycles. The number of aromatic amines is 1. The van der Waals surface area contributed by atoms with E-state index >= 15 is 0 Å². The summed E-state index contributed by atoms with van der Waals surface area (Å²) in [6.45, 7) is 3.39. The molecule has 1 aliphatic rings. The predicted octanol–water partition coefficient (Wildman–Crippen LogP) is 1.31. The standard InChI is InChI=1S/C14H16N4O3/c1-9-3-2-4-10-11(9)16-12(15-10)13(19)17-5-7-18(8-6-17)14(20)21/h2-4H,5-8H2,1H3,(H,15,16)(H,20,21). The third-order valence-corrected chi connectivity index (χ3v) is 3.75. The number of carbonyl (C=O) groups is 2. The van der Waals surface area contributed by atoms with Gasteiger partial charge < -0.3 is 19.9 Å². The molecule has 1 saturated heterocycles. The molecular weight excluding hydrogens is 272 g/mol. The lowest BCUT2D eigenvalue weighted by Gasteiger charge is -2.32. The number of H-pyrrole nitrogens is 1. The fourth-order valence-electron chi connectivity index (χ4n) is 2.53. The molecular formula is C14H16N4O3. The minimum atomic E-state index is -0.943. The summed E-state index contributed by atoms with van der Waals surface area (Å²) < 4.78 is 0.